The number of anilines is 1. The standard InChI is InChI=1S/C30H35N5O6S.C24H25N3O3.C6H6N2O2.CH4/c1-30(2,3)41-29(36)34-16-15-22-17-27(40-19-21-11-7-5-8-12-21)26(39-4)18-24(22)25(34)20-42(37,38)28-31-32-33-35(28)23-13-9-6-10-14-23;1-28-22-13-20-19(12-23(22)30-16-17-6-4-3-5-7-17)10-11-25-21(20)9-8-18-14-26-24(29-2)27-15-18;1-10-6-7-2-5(4-9)3-8-6;/h5-14,17-18,25,32-33H,15-16,19-20H2,1-4H3;3-9,12-15,21,25H,10-11,16H2,1-2H3;2-4H,1H3;1H4/b;9-8+;;. The van der Waals surface area contributed by atoms with Gasteiger partial charge in [-0.1, -0.05) is 98.4 Å². The number of carbonyl (C=O) groups excluding carboxylic acids is 2. The number of hydrazone groups is 1. The van der Waals surface area contributed by atoms with Crippen LogP contribution in [0.3, 0.4) is 0 Å². The average Bonchev–Trinajstić information content (AvgIpc) is 3.81. The number of hydrazine groups is 2. The first kappa shape index (κ1) is 61.5. The van der Waals surface area contributed by atoms with Crippen molar-refractivity contribution >= 4 is 39.1 Å². The fourth-order valence-corrected chi connectivity index (χ4v) is 10.4. The number of para-hydroxylation sites is 1. The Hall–Kier alpha value is -9.12. The minimum absolute atomic E-state index is 0. The van der Waals surface area contributed by atoms with Crippen molar-refractivity contribution in [3.8, 4) is 35.0 Å². The number of benzene rings is 5. The highest BCUT2D eigenvalue weighted by Gasteiger charge is 2.41. The zero-order valence-electron chi connectivity index (χ0n) is 46.6. The Balaban J connectivity index is 0.000000209. The first-order valence-corrected chi connectivity index (χ1v) is 27.8. The number of hydrogen-bond donors (Lipinski definition) is 3. The summed E-state index contributed by atoms with van der Waals surface area (Å²) in [5, 5.41) is 8.73. The third kappa shape index (κ3) is 16.5. The van der Waals surface area contributed by atoms with Crippen molar-refractivity contribution < 1.29 is 51.2 Å². The highest BCUT2D eigenvalue weighted by molar-refractivity contribution is 8.06. The minimum Gasteiger partial charge on any atom is -0.493 e. The Labute approximate surface area is 484 Å². The molecule has 10 rings (SSSR count). The summed E-state index contributed by atoms with van der Waals surface area (Å²) in [5.74, 6) is 2.05. The van der Waals surface area contributed by atoms with E-state index in [0.29, 0.717) is 60.2 Å². The summed E-state index contributed by atoms with van der Waals surface area (Å²) >= 11 is 0. The van der Waals surface area contributed by atoms with E-state index in [9.17, 15) is 18.0 Å². The van der Waals surface area contributed by atoms with Gasteiger partial charge in [-0.3, -0.25) is 9.69 Å². The molecule has 0 fully saturated rings. The fraction of sp³-hybridized carbons (Fsp3) is 0.295. The van der Waals surface area contributed by atoms with Gasteiger partial charge in [0.25, 0.3) is 5.17 Å². The number of carbonyl (C=O) groups is 2. The lowest BCUT2D eigenvalue weighted by Gasteiger charge is -2.38. The van der Waals surface area contributed by atoms with Crippen molar-refractivity contribution in [2.24, 2.45) is 5.10 Å². The zero-order valence-corrected chi connectivity index (χ0v) is 47.5. The molecule has 83 heavy (non-hydrogen) atoms. The number of amides is 1. The lowest BCUT2D eigenvalue weighted by atomic mass is 9.93. The predicted octanol–water partition coefficient (Wildman–Crippen LogP) is 9.23. The Bertz CT molecular complexity index is 3410. The van der Waals surface area contributed by atoms with E-state index < -0.39 is 33.3 Å². The first-order chi connectivity index (χ1) is 39.7. The van der Waals surface area contributed by atoms with Gasteiger partial charge in [0.05, 0.1) is 57.5 Å². The van der Waals surface area contributed by atoms with Crippen molar-refractivity contribution in [2.75, 3.05) is 52.3 Å². The molecule has 2 aromatic heterocycles. The minimum atomic E-state index is -4.06. The van der Waals surface area contributed by atoms with E-state index in [-0.39, 0.29) is 31.2 Å². The zero-order chi connectivity index (χ0) is 58.1. The summed E-state index contributed by atoms with van der Waals surface area (Å²) in [6.45, 7) is 7.33. The van der Waals surface area contributed by atoms with Crippen LogP contribution in [0, 0.1) is 0 Å². The smallest absolute Gasteiger partial charge is 0.410 e. The van der Waals surface area contributed by atoms with Gasteiger partial charge in [0.2, 0.25) is 9.84 Å². The normalized spacial score (nSPS) is 15.2. The van der Waals surface area contributed by atoms with Gasteiger partial charge in [0.15, 0.2) is 29.3 Å². The SMILES string of the molecule is C.COc1cc2c(cc1OCc1ccccc1)CCN(C(=O)OC(C)(C)C)C2CS(=O)(=O)C1=NNNN1c1ccccc1.COc1ncc(/C=C/C2NCCc3cc(OCc4ccccc4)c(OC)cc32)cn1.COc1ncc(C=O)cn1. The van der Waals surface area contributed by atoms with Gasteiger partial charge in [-0.05, 0) is 103 Å². The van der Waals surface area contributed by atoms with Gasteiger partial charge in [0, 0.05) is 43.4 Å². The quantitative estimate of drug-likeness (QED) is 0.0764. The predicted molar refractivity (Wildman–Crippen MR) is 316 cm³/mol. The van der Waals surface area contributed by atoms with Gasteiger partial charge in [0.1, 0.15) is 18.8 Å². The number of fused-ring (bicyclic) bond motifs is 2. The number of hydrogen-bond acceptors (Lipinski definition) is 20. The molecular formula is C61H70N10O11S. The number of amidine groups is 1. The molecule has 0 aliphatic carbocycles. The molecule has 5 heterocycles. The molecule has 2 atom stereocenters. The molecule has 5 aromatic carbocycles. The first-order valence-electron chi connectivity index (χ1n) is 26.2. The van der Waals surface area contributed by atoms with E-state index in [2.05, 4.69) is 76.5 Å². The second-order valence-corrected chi connectivity index (χ2v) is 21.6. The molecule has 0 saturated carbocycles. The van der Waals surface area contributed by atoms with Gasteiger partial charge in [-0.2, -0.15) is 0 Å². The molecule has 0 radical (unpaired) electrons. The Morgan fingerprint density at radius 2 is 1.19 bits per heavy atom. The molecule has 0 saturated heterocycles. The molecule has 0 spiro atoms. The summed E-state index contributed by atoms with van der Waals surface area (Å²) in [5.41, 5.74) is 12.6. The van der Waals surface area contributed by atoms with Crippen LogP contribution >= 0.6 is 0 Å². The van der Waals surface area contributed by atoms with Crippen LogP contribution in [0.25, 0.3) is 6.08 Å². The van der Waals surface area contributed by atoms with E-state index in [0.717, 1.165) is 46.7 Å². The number of nitrogens with one attached hydrogen (secondary N) is 3. The van der Waals surface area contributed by atoms with Crippen LogP contribution in [0.15, 0.2) is 151 Å². The van der Waals surface area contributed by atoms with E-state index in [1.54, 1.807) is 77.7 Å². The fourth-order valence-electron chi connectivity index (χ4n) is 8.89. The molecule has 0 bridgehead atoms. The van der Waals surface area contributed by atoms with Crippen molar-refractivity contribution in [1.82, 2.24) is 41.2 Å². The molecule has 3 aliphatic rings. The Morgan fingerprint density at radius 1 is 0.675 bits per heavy atom. The van der Waals surface area contributed by atoms with E-state index in [1.165, 1.54) is 47.6 Å². The lowest BCUT2D eigenvalue weighted by Crippen LogP contribution is -2.48. The van der Waals surface area contributed by atoms with E-state index >= 15 is 0 Å². The monoisotopic (exact) mass is 1150 g/mol. The van der Waals surface area contributed by atoms with Crippen LogP contribution in [0.1, 0.15) is 89.6 Å². The highest BCUT2D eigenvalue weighted by Crippen LogP contribution is 2.41. The molecule has 1 amide bonds. The largest absolute Gasteiger partial charge is 0.493 e. The van der Waals surface area contributed by atoms with Crippen LogP contribution in [-0.2, 0) is 40.6 Å². The van der Waals surface area contributed by atoms with Gasteiger partial charge in [-0.15, -0.1) is 10.6 Å². The molecule has 3 N–H and O–H groups in total. The number of sulfone groups is 1. The number of methoxy groups -OCH3 is 4. The maximum atomic E-state index is 13.9. The lowest BCUT2D eigenvalue weighted by molar-refractivity contribution is 0.0162. The summed E-state index contributed by atoms with van der Waals surface area (Å²) in [4.78, 5) is 40.7. The highest BCUT2D eigenvalue weighted by atomic mass is 32.2. The molecule has 2 unspecified atom stereocenters. The number of nitrogens with zero attached hydrogens (tertiary/aromatic N) is 7. The molecule has 3 aliphatic heterocycles. The van der Waals surface area contributed by atoms with Crippen molar-refractivity contribution in [2.45, 2.75) is 71.9 Å². The third-order valence-electron chi connectivity index (χ3n) is 12.9. The van der Waals surface area contributed by atoms with Crippen LogP contribution in [0.4, 0.5) is 10.5 Å². The van der Waals surface area contributed by atoms with Crippen molar-refractivity contribution in [1.29, 1.82) is 0 Å². The van der Waals surface area contributed by atoms with Gasteiger partial charge < -0.3 is 38.5 Å². The third-order valence-corrected chi connectivity index (χ3v) is 14.4. The topological polar surface area (TPSA) is 239 Å². The average molecular weight is 1150 g/mol. The van der Waals surface area contributed by atoms with Crippen LogP contribution < -0.4 is 49.8 Å². The summed E-state index contributed by atoms with van der Waals surface area (Å²) in [6.07, 6.45) is 11.9. The molecule has 436 valence electrons. The van der Waals surface area contributed by atoms with E-state index in [1.807, 2.05) is 66.7 Å². The second-order valence-electron chi connectivity index (χ2n) is 19.6. The number of aromatic nitrogens is 4. The molecule has 21 nitrogen and oxygen atoms in total. The van der Waals surface area contributed by atoms with Crippen LogP contribution in [-0.4, -0.2) is 104 Å². The number of rotatable bonds is 16. The Kier molecular flexibility index (Phi) is 21.5. The maximum Gasteiger partial charge on any atom is 0.410 e. The number of ether oxygens (including phenoxy) is 7. The number of aldehydes is 1. The van der Waals surface area contributed by atoms with Crippen molar-refractivity contribution in [3.63, 3.8) is 0 Å². The van der Waals surface area contributed by atoms with E-state index in [4.69, 9.17) is 28.4 Å². The molecule has 22 heteroatoms. The molecular weight excluding hydrogens is 1080 g/mol. The Morgan fingerprint density at radius 3 is 1.71 bits per heavy atom. The summed E-state index contributed by atoms with van der Waals surface area (Å²) in [6, 6.07) is 36.5. The van der Waals surface area contributed by atoms with Crippen LogP contribution in [0.5, 0.6) is 35.0 Å². The van der Waals surface area contributed by atoms with Gasteiger partial charge in [-0.25, -0.2) is 43.7 Å². The van der Waals surface area contributed by atoms with Crippen LogP contribution in [0.2, 0.25) is 0 Å². The summed E-state index contributed by atoms with van der Waals surface area (Å²) in [7, 11) is 2.17. The van der Waals surface area contributed by atoms with Crippen molar-refractivity contribution in [3.05, 3.63) is 191 Å². The summed E-state index contributed by atoms with van der Waals surface area (Å²) < 4.78 is 66.7. The second kappa shape index (κ2) is 29.0. The molecule has 7 aromatic rings. The maximum absolute atomic E-state index is 13.9. The van der Waals surface area contributed by atoms with Gasteiger partial charge >= 0.3 is 18.1 Å².